The molecule has 0 amide bonds. The van der Waals surface area contributed by atoms with E-state index in [-0.39, 0.29) is 11.9 Å². The zero-order chi connectivity index (χ0) is 22.9. The lowest BCUT2D eigenvalue weighted by molar-refractivity contribution is 0.600. The molecular formula is C25H20ClFN6. The molecule has 0 aliphatic carbocycles. The minimum Gasteiger partial charge on any atom is -0.377 e. The van der Waals surface area contributed by atoms with Crippen molar-refractivity contribution >= 4 is 28.2 Å². The zero-order valence-electron chi connectivity index (χ0n) is 18.0. The van der Waals surface area contributed by atoms with Crippen LogP contribution in [0.5, 0.6) is 0 Å². The number of nitrogens with zero attached hydrogens (tertiary/aromatic N) is 5. The Labute approximate surface area is 195 Å². The standard InChI is InChI=1S/C25H20ClFN6/c1-15(20-7-16(3-5-23(20)27)18-9-28-14-29-10-18)32-25-21-8-17(19-11-31-33(2)13-19)4-6-24(21)30-12-22(25)26/h3-15H,1-2H3,(H,30,32). The molecule has 5 aromatic rings. The second-order valence-corrected chi connectivity index (χ2v) is 8.25. The van der Waals surface area contributed by atoms with E-state index in [2.05, 4.69) is 25.4 Å². The van der Waals surface area contributed by atoms with Gasteiger partial charge in [0.1, 0.15) is 12.1 Å². The molecule has 0 fully saturated rings. The Balaban J connectivity index is 1.54. The largest absolute Gasteiger partial charge is 0.377 e. The molecular weight excluding hydrogens is 439 g/mol. The van der Waals surface area contributed by atoms with Crippen LogP contribution in [-0.4, -0.2) is 24.7 Å². The number of halogens is 2. The monoisotopic (exact) mass is 458 g/mol. The number of fused-ring (bicyclic) bond motifs is 1. The van der Waals surface area contributed by atoms with Crippen molar-refractivity contribution in [3.63, 3.8) is 0 Å². The summed E-state index contributed by atoms with van der Waals surface area (Å²) in [6.07, 6.45) is 10.2. The van der Waals surface area contributed by atoms with E-state index in [9.17, 15) is 4.39 Å². The Morgan fingerprint density at radius 1 is 0.939 bits per heavy atom. The van der Waals surface area contributed by atoms with Crippen molar-refractivity contribution in [1.82, 2.24) is 24.7 Å². The number of rotatable bonds is 5. The normalized spacial score (nSPS) is 12.1. The summed E-state index contributed by atoms with van der Waals surface area (Å²) in [5.41, 5.74) is 5.64. The van der Waals surface area contributed by atoms with Crippen molar-refractivity contribution in [1.29, 1.82) is 0 Å². The van der Waals surface area contributed by atoms with Gasteiger partial charge in [0, 0.05) is 53.9 Å². The van der Waals surface area contributed by atoms with Gasteiger partial charge in [-0.15, -0.1) is 0 Å². The molecule has 0 spiro atoms. The summed E-state index contributed by atoms with van der Waals surface area (Å²) in [6.45, 7) is 1.90. The maximum Gasteiger partial charge on any atom is 0.128 e. The SMILES string of the molecule is CC(Nc1c(Cl)cnc2ccc(-c3cnn(C)c3)cc12)c1cc(-c2cncnc2)ccc1F. The molecule has 6 nitrogen and oxygen atoms in total. The molecule has 5 rings (SSSR count). The first-order chi connectivity index (χ1) is 16.0. The maximum atomic E-state index is 14.8. The first kappa shape index (κ1) is 21.0. The molecule has 1 unspecified atom stereocenters. The number of aryl methyl sites for hydroxylation is 1. The van der Waals surface area contributed by atoms with E-state index in [1.54, 1.807) is 29.3 Å². The van der Waals surface area contributed by atoms with Crippen LogP contribution < -0.4 is 5.32 Å². The van der Waals surface area contributed by atoms with Crippen molar-refractivity contribution in [2.75, 3.05) is 5.32 Å². The molecule has 1 N–H and O–H groups in total. The van der Waals surface area contributed by atoms with E-state index in [4.69, 9.17) is 11.6 Å². The second kappa shape index (κ2) is 8.60. The van der Waals surface area contributed by atoms with Crippen molar-refractivity contribution in [3.8, 4) is 22.3 Å². The van der Waals surface area contributed by atoms with Gasteiger partial charge in [0.25, 0.3) is 0 Å². The van der Waals surface area contributed by atoms with E-state index in [1.807, 2.05) is 50.6 Å². The van der Waals surface area contributed by atoms with Gasteiger partial charge in [0.05, 0.1) is 28.5 Å². The van der Waals surface area contributed by atoms with Crippen LogP contribution in [0.15, 0.2) is 73.7 Å². The van der Waals surface area contributed by atoms with Crippen LogP contribution in [0.1, 0.15) is 18.5 Å². The number of benzene rings is 2. The highest BCUT2D eigenvalue weighted by Gasteiger charge is 2.17. The number of hydrogen-bond acceptors (Lipinski definition) is 5. The fourth-order valence-electron chi connectivity index (χ4n) is 3.86. The third-order valence-corrected chi connectivity index (χ3v) is 5.86. The van der Waals surface area contributed by atoms with Gasteiger partial charge in [-0.05, 0) is 42.3 Å². The van der Waals surface area contributed by atoms with E-state index in [0.717, 1.165) is 33.2 Å². The van der Waals surface area contributed by atoms with Gasteiger partial charge >= 0.3 is 0 Å². The van der Waals surface area contributed by atoms with E-state index >= 15 is 0 Å². The number of pyridine rings is 1. The molecule has 2 aromatic carbocycles. The summed E-state index contributed by atoms with van der Waals surface area (Å²) in [6, 6.07) is 10.6. The molecule has 164 valence electrons. The lowest BCUT2D eigenvalue weighted by Gasteiger charge is -2.20. The van der Waals surface area contributed by atoms with Gasteiger partial charge < -0.3 is 5.32 Å². The average molecular weight is 459 g/mol. The van der Waals surface area contributed by atoms with Gasteiger partial charge in [0.2, 0.25) is 0 Å². The molecule has 0 radical (unpaired) electrons. The minimum absolute atomic E-state index is 0.305. The van der Waals surface area contributed by atoms with E-state index in [1.165, 1.54) is 12.4 Å². The van der Waals surface area contributed by atoms with Crippen molar-refractivity contribution < 1.29 is 4.39 Å². The number of anilines is 1. The third kappa shape index (κ3) is 4.15. The Kier molecular flexibility index (Phi) is 5.48. The van der Waals surface area contributed by atoms with E-state index < -0.39 is 0 Å². The Morgan fingerprint density at radius 3 is 2.45 bits per heavy atom. The first-order valence-corrected chi connectivity index (χ1v) is 10.8. The van der Waals surface area contributed by atoms with Crippen LogP contribution in [0.4, 0.5) is 10.1 Å². The number of hydrogen-bond donors (Lipinski definition) is 1. The smallest absolute Gasteiger partial charge is 0.128 e. The molecule has 0 bridgehead atoms. The lowest BCUT2D eigenvalue weighted by atomic mass is 10.0. The minimum atomic E-state index is -0.361. The van der Waals surface area contributed by atoms with Gasteiger partial charge in [-0.2, -0.15) is 5.10 Å². The van der Waals surface area contributed by atoms with Gasteiger partial charge in [-0.25, -0.2) is 14.4 Å². The van der Waals surface area contributed by atoms with Crippen molar-refractivity contribution in [2.24, 2.45) is 7.05 Å². The van der Waals surface area contributed by atoms with Crippen LogP contribution in [0, 0.1) is 5.82 Å². The molecule has 3 aromatic heterocycles. The number of aromatic nitrogens is 5. The first-order valence-electron chi connectivity index (χ1n) is 10.4. The molecule has 33 heavy (non-hydrogen) atoms. The van der Waals surface area contributed by atoms with Crippen LogP contribution in [0.3, 0.4) is 0 Å². The highest BCUT2D eigenvalue weighted by molar-refractivity contribution is 6.34. The molecule has 8 heteroatoms. The highest BCUT2D eigenvalue weighted by atomic mass is 35.5. The summed E-state index contributed by atoms with van der Waals surface area (Å²) in [5.74, 6) is -0.305. The summed E-state index contributed by atoms with van der Waals surface area (Å²) in [7, 11) is 1.88. The Bertz CT molecular complexity index is 1450. The third-order valence-electron chi connectivity index (χ3n) is 5.58. The van der Waals surface area contributed by atoms with Crippen LogP contribution >= 0.6 is 11.6 Å². The molecule has 0 saturated carbocycles. The molecule has 1 atom stereocenters. The zero-order valence-corrected chi connectivity index (χ0v) is 18.8. The van der Waals surface area contributed by atoms with Crippen molar-refractivity contribution in [2.45, 2.75) is 13.0 Å². The summed E-state index contributed by atoms with van der Waals surface area (Å²) < 4.78 is 16.6. The molecule has 0 saturated heterocycles. The van der Waals surface area contributed by atoms with E-state index in [0.29, 0.717) is 16.3 Å². The predicted octanol–water partition coefficient (Wildman–Crippen LogP) is 6.06. The quantitative estimate of drug-likeness (QED) is 0.347. The van der Waals surface area contributed by atoms with Crippen LogP contribution in [0.2, 0.25) is 5.02 Å². The topological polar surface area (TPSA) is 68.5 Å². The van der Waals surface area contributed by atoms with Gasteiger partial charge in [-0.3, -0.25) is 9.67 Å². The fraction of sp³-hybridized carbons (Fsp3) is 0.120. The Morgan fingerprint density at radius 2 is 1.70 bits per heavy atom. The lowest BCUT2D eigenvalue weighted by Crippen LogP contribution is -2.10. The summed E-state index contributed by atoms with van der Waals surface area (Å²) in [4.78, 5) is 12.6. The average Bonchev–Trinajstić information content (AvgIpc) is 3.27. The van der Waals surface area contributed by atoms with Crippen LogP contribution in [0.25, 0.3) is 33.2 Å². The molecule has 3 heterocycles. The summed E-state index contributed by atoms with van der Waals surface area (Å²) in [5, 5.41) is 8.98. The maximum absolute atomic E-state index is 14.8. The van der Waals surface area contributed by atoms with Crippen molar-refractivity contribution in [3.05, 3.63) is 90.1 Å². The highest BCUT2D eigenvalue weighted by Crippen LogP contribution is 2.36. The Hall–Kier alpha value is -3.84. The second-order valence-electron chi connectivity index (χ2n) is 7.85. The summed E-state index contributed by atoms with van der Waals surface area (Å²) >= 11 is 6.55. The van der Waals surface area contributed by atoms with Crippen LogP contribution in [-0.2, 0) is 7.05 Å². The molecule has 0 aliphatic heterocycles. The molecule has 0 aliphatic rings. The fourth-order valence-corrected chi connectivity index (χ4v) is 4.07. The number of nitrogens with one attached hydrogen (secondary N) is 1. The van der Waals surface area contributed by atoms with Gasteiger partial charge in [-0.1, -0.05) is 23.7 Å². The predicted molar refractivity (Wildman–Crippen MR) is 128 cm³/mol. The van der Waals surface area contributed by atoms with Gasteiger partial charge in [0.15, 0.2) is 0 Å².